The van der Waals surface area contributed by atoms with E-state index in [0.717, 1.165) is 32.2 Å². The molecular formula is C20H23F3N2O4. The van der Waals surface area contributed by atoms with E-state index in [1.165, 1.54) is 24.3 Å². The third-order valence-electron chi connectivity index (χ3n) is 5.77. The molecule has 0 spiro atoms. The fourth-order valence-electron chi connectivity index (χ4n) is 4.13. The number of halogens is 3. The molecule has 2 bridgehead atoms. The summed E-state index contributed by atoms with van der Waals surface area (Å²) in [5.41, 5.74) is 0.947. The zero-order valence-corrected chi connectivity index (χ0v) is 16.1. The van der Waals surface area contributed by atoms with E-state index in [-0.39, 0.29) is 24.8 Å². The zero-order chi connectivity index (χ0) is 20.6. The third kappa shape index (κ3) is 4.29. The first-order valence-corrected chi connectivity index (χ1v) is 9.64. The van der Waals surface area contributed by atoms with Crippen molar-refractivity contribution in [3.05, 3.63) is 47.3 Å². The summed E-state index contributed by atoms with van der Waals surface area (Å²) in [6.07, 6.45) is 0.426. The number of aryl methyl sites for hydroxylation is 1. The second-order valence-corrected chi connectivity index (χ2v) is 7.77. The third-order valence-corrected chi connectivity index (χ3v) is 5.77. The van der Waals surface area contributed by atoms with Gasteiger partial charge in [0, 0.05) is 17.7 Å². The number of alkyl halides is 3. The number of carbonyl (C=O) groups is 1. The van der Waals surface area contributed by atoms with Gasteiger partial charge in [-0.25, -0.2) is 4.79 Å². The Morgan fingerprint density at radius 2 is 2.03 bits per heavy atom. The number of rotatable bonds is 5. The molecule has 3 aliphatic rings. The number of nitrogens with zero attached hydrogens (tertiary/aromatic N) is 2. The van der Waals surface area contributed by atoms with Gasteiger partial charge in [-0.05, 0) is 50.4 Å². The van der Waals surface area contributed by atoms with Gasteiger partial charge in [-0.3, -0.25) is 9.80 Å². The lowest BCUT2D eigenvalue weighted by Crippen LogP contribution is -2.52. The van der Waals surface area contributed by atoms with E-state index in [4.69, 9.17) is 13.6 Å². The second-order valence-electron chi connectivity index (χ2n) is 7.77. The molecule has 0 aliphatic carbocycles. The SMILES string of the molecule is Cc1coc(C(F)(F)F)c1CN(Cc1ccoc1)C(=O)O[C@H]1CN2CCC1CC2. The number of carbonyl (C=O) groups excluding carboxylic acids is 1. The van der Waals surface area contributed by atoms with E-state index in [9.17, 15) is 18.0 Å². The molecule has 0 saturated carbocycles. The predicted octanol–water partition coefficient (Wildman–Crippen LogP) is 4.43. The van der Waals surface area contributed by atoms with E-state index in [1.807, 2.05) is 0 Å². The van der Waals surface area contributed by atoms with Crippen LogP contribution in [-0.4, -0.2) is 41.6 Å². The summed E-state index contributed by atoms with van der Waals surface area (Å²) < 4.78 is 55.5. The van der Waals surface area contributed by atoms with Crippen LogP contribution in [0.5, 0.6) is 0 Å². The van der Waals surface area contributed by atoms with Crippen LogP contribution in [0, 0.1) is 12.8 Å². The Morgan fingerprint density at radius 3 is 2.62 bits per heavy atom. The molecule has 3 saturated heterocycles. The van der Waals surface area contributed by atoms with Crippen molar-refractivity contribution < 1.29 is 31.5 Å². The highest BCUT2D eigenvalue weighted by atomic mass is 19.4. The van der Waals surface area contributed by atoms with Crippen LogP contribution in [0.3, 0.4) is 0 Å². The molecule has 5 heterocycles. The molecule has 6 nitrogen and oxygen atoms in total. The van der Waals surface area contributed by atoms with Gasteiger partial charge in [0.25, 0.3) is 0 Å². The van der Waals surface area contributed by atoms with Crippen molar-refractivity contribution in [2.45, 2.75) is 45.1 Å². The molecule has 3 fully saturated rings. The second kappa shape index (κ2) is 7.78. The van der Waals surface area contributed by atoms with Gasteiger partial charge < -0.3 is 13.6 Å². The van der Waals surface area contributed by atoms with Crippen LogP contribution in [0.25, 0.3) is 0 Å². The summed E-state index contributed by atoms with van der Waals surface area (Å²) in [5.74, 6) is -0.774. The van der Waals surface area contributed by atoms with Gasteiger partial charge in [0.05, 0.1) is 31.9 Å². The van der Waals surface area contributed by atoms with Crippen LogP contribution >= 0.6 is 0 Å². The molecule has 9 heteroatoms. The van der Waals surface area contributed by atoms with Crippen molar-refractivity contribution in [1.82, 2.24) is 9.80 Å². The average molecular weight is 412 g/mol. The minimum atomic E-state index is -4.63. The standard InChI is InChI=1S/C20H23F3N2O4/c1-13-11-28-18(20(21,22)23)16(13)9-25(8-14-4-7-27-12-14)19(26)29-17-10-24-5-2-15(17)3-6-24/h4,7,11-12,15,17H,2-3,5-6,8-10H2,1H3/t17-/m0/s1. The van der Waals surface area contributed by atoms with Crippen LogP contribution in [0.15, 0.2) is 33.7 Å². The first-order valence-electron chi connectivity index (χ1n) is 9.64. The number of piperidine rings is 3. The van der Waals surface area contributed by atoms with Crippen molar-refractivity contribution in [2.24, 2.45) is 5.92 Å². The lowest BCUT2D eigenvalue weighted by atomic mass is 9.86. The fraction of sp³-hybridized carbons (Fsp3) is 0.550. The molecule has 1 atom stereocenters. The first kappa shape index (κ1) is 19.9. The van der Waals surface area contributed by atoms with Gasteiger partial charge in [-0.2, -0.15) is 13.2 Å². The molecule has 0 unspecified atom stereocenters. The van der Waals surface area contributed by atoms with E-state index in [2.05, 4.69) is 4.90 Å². The minimum absolute atomic E-state index is 0.0631. The maximum absolute atomic E-state index is 13.3. The molecule has 29 heavy (non-hydrogen) atoms. The van der Waals surface area contributed by atoms with E-state index in [1.54, 1.807) is 6.07 Å². The van der Waals surface area contributed by atoms with Crippen molar-refractivity contribution in [2.75, 3.05) is 19.6 Å². The van der Waals surface area contributed by atoms with Crippen LogP contribution in [0.4, 0.5) is 18.0 Å². The van der Waals surface area contributed by atoms with Crippen molar-refractivity contribution in [1.29, 1.82) is 0 Å². The largest absolute Gasteiger partial charge is 0.472 e. The van der Waals surface area contributed by atoms with Crippen molar-refractivity contribution in [3.63, 3.8) is 0 Å². The Labute approximate surface area is 166 Å². The molecular weight excluding hydrogens is 389 g/mol. The van der Waals surface area contributed by atoms with Gasteiger partial charge in [-0.1, -0.05) is 0 Å². The molecule has 3 aliphatic heterocycles. The Morgan fingerprint density at radius 1 is 1.28 bits per heavy atom. The summed E-state index contributed by atoms with van der Waals surface area (Å²) in [6, 6.07) is 1.67. The average Bonchev–Trinajstić information content (AvgIpc) is 3.32. The quantitative estimate of drug-likeness (QED) is 0.727. The number of furan rings is 2. The number of hydrogen-bond acceptors (Lipinski definition) is 5. The highest BCUT2D eigenvalue weighted by molar-refractivity contribution is 5.68. The molecule has 5 rings (SSSR count). The van der Waals surface area contributed by atoms with Crippen molar-refractivity contribution in [3.8, 4) is 0 Å². The molecule has 2 aromatic rings. The number of ether oxygens (including phenoxy) is 1. The molecule has 0 N–H and O–H groups in total. The zero-order valence-electron chi connectivity index (χ0n) is 16.1. The Hall–Kier alpha value is -2.42. The first-order chi connectivity index (χ1) is 13.8. The molecule has 0 aromatic carbocycles. The van der Waals surface area contributed by atoms with Crippen LogP contribution < -0.4 is 0 Å². The summed E-state index contributed by atoms with van der Waals surface area (Å²) >= 11 is 0. The van der Waals surface area contributed by atoms with Crippen LogP contribution in [-0.2, 0) is 24.0 Å². The molecule has 2 aromatic heterocycles. The number of fused-ring (bicyclic) bond motifs is 3. The summed E-state index contributed by atoms with van der Waals surface area (Å²) in [5, 5.41) is 0. The molecule has 1 amide bonds. The topological polar surface area (TPSA) is 59.1 Å². The van der Waals surface area contributed by atoms with Gasteiger partial charge >= 0.3 is 12.3 Å². The van der Waals surface area contributed by atoms with E-state index >= 15 is 0 Å². The number of amides is 1. The summed E-state index contributed by atoms with van der Waals surface area (Å²) in [6.45, 7) is 4.03. The molecule has 158 valence electrons. The van der Waals surface area contributed by atoms with E-state index in [0.29, 0.717) is 23.6 Å². The lowest BCUT2D eigenvalue weighted by Gasteiger charge is -2.44. The van der Waals surface area contributed by atoms with Crippen molar-refractivity contribution >= 4 is 6.09 Å². The number of hydrogen-bond donors (Lipinski definition) is 0. The van der Waals surface area contributed by atoms with Crippen LogP contribution in [0.1, 0.15) is 35.3 Å². The highest BCUT2D eigenvalue weighted by Gasteiger charge is 2.40. The maximum Gasteiger partial charge on any atom is 0.449 e. The van der Waals surface area contributed by atoms with Gasteiger partial charge in [0.15, 0.2) is 0 Å². The van der Waals surface area contributed by atoms with Crippen LogP contribution in [0.2, 0.25) is 0 Å². The smallest absolute Gasteiger partial charge is 0.449 e. The minimum Gasteiger partial charge on any atom is -0.472 e. The lowest BCUT2D eigenvalue weighted by molar-refractivity contribution is -0.154. The van der Waals surface area contributed by atoms with Gasteiger partial charge in [-0.15, -0.1) is 0 Å². The molecule has 0 radical (unpaired) electrons. The van der Waals surface area contributed by atoms with Gasteiger partial charge in [0.2, 0.25) is 5.76 Å². The Balaban J connectivity index is 1.54. The fourth-order valence-corrected chi connectivity index (χ4v) is 4.13. The summed E-state index contributed by atoms with van der Waals surface area (Å²) in [7, 11) is 0. The predicted molar refractivity (Wildman–Crippen MR) is 95.8 cm³/mol. The highest BCUT2D eigenvalue weighted by Crippen LogP contribution is 2.36. The monoisotopic (exact) mass is 412 g/mol. The summed E-state index contributed by atoms with van der Waals surface area (Å²) in [4.78, 5) is 16.5. The maximum atomic E-state index is 13.3. The Kier molecular flexibility index (Phi) is 5.33. The normalized spacial score (nSPS) is 23.9. The van der Waals surface area contributed by atoms with E-state index < -0.39 is 18.0 Å². The Bertz CT molecular complexity index is 839. The van der Waals surface area contributed by atoms with Gasteiger partial charge in [0.1, 0.15) is 6.10 Å².